The van der Waals surface area contributed by atoms with Crippen LogP contribution in [0.2, 0.25) is 0 Å². The van der Waals surface area contributed by atoms with E-state index in [9.17, 15) is 0 Å². The number of hydrogen-bond donors (Lipinski definition) is 0. The molecule has 0 amide bonds. The van der Waals surface area contributed by atoms with Crippen LogP contribution >= 0.6 is 34.8 Å². The number of hydrogen-bond acceptors (Lipinski definition) is 1. The third-order valence-electron chi connectivity index (χ3n) is 0.236. The van der Waals surface area contributed by atoms with Gasteiger partial charge in [-0.3, -0.25) is 0 Å². The second-order valence-corrected chi connectivity index (χ2v) is 3.87. The Hall–Kier alpha value is 2.41. The molecule has 0 saturated heterocycles. The molecular weight excluding hydrogens is 301 g/mol. The van der Waals surface area contributed by atoms with E-state index in [0.717, 1.165) is 0 Å². The smallest absolute Gasteiger partial charge is 1.00 e. The van der Waals surface area contributed by atoms with E-state index in [2.05, 4.69) is 3.32 Å². The molecule has 0 aromatic carbocycles. The second kappa shape index (κ2) is 11.4. The van der Waals surface area contributed by atoms with Gasteiger partial charge in [-0.1, -0.05) is 0 Å². The summed E-state index contributed by atoms with van der Waals surface area (Å²) < 4.78 is 3.26. The molecule has 0 spiro atoms. The second-order valence-electron chi connectivity index (χ2n) is 0.904. The third-order valence-corrected chi connectivity index (χ3v) is 0.789. The summed E-state index contributed by atoms with van der Waals surface area (Å²) in [5.74, 6) is 0. The van der Waals surface area contributed by atoms with Crippen molar-refractivity contribution in [1.82, 2.24) is 0 Å². The minimum atomic E-state index is -1.26. The van der Waals surface area contributed by atoms with E-state index in [0.29, 0.717) is 0 Å². The van der Waals surface area contributed by atoms with Gasteiger partial charge in [-0.2, -0.15) is 0 Å². The van der Waals surface area contributed by atoms with Gasteiger partial charge in [0.15, 0.2) is 0 Å². The molecular formula is C2H2Cl6OTi. The Labute approximate surface area is 106 Å². The zero-order valence-corrected chi connectivity index (χ0v) is 10.5. The zero-order valence-electron chi connectivity index (χ0n) is 4.38. The maximum atomic E-state index is 5.24. The van der Waals surface area contributed by atoms with Gasteiger partial charge in [0.1, 0.15) is 0 Å². The molecule has 0 aliphatic carbocycles. The molecule has 0 fully saturated rings. The first-order chi connectivity index (χ1) is 3.06. The van der Waals surface area contributed by atoms with Crippen molar-refractivity contribution in [2.24, 2.45) is 0 Å². The van der Waals surface area contributed by atoms with Crippen molar-refractivity contribution >= 4 is 34.8 Å². The first-order valence-electron chi connectivity index (χ1n) is 1.41. The van der Waals surface area contributed by atoms with Crippen LogP contribution in [0.3, 0.4) is 0 Å². The maximum Gasteiger partial charge on any atom is -1.00 e. The van der Waals surface area contributed by atoms with Crippen LogP contribution in [-0.2, 0) is 24.1 Å². The van der Waals surface area contributed by atoms with Crippen LogP contribution in [0.25, 0.3) is 0 Å². The minimum absolute atomic E-state index is 0. The predicted molar refractivity (Wildman–Crippen MR) is 26.2 cm³/mol. The fourth-order valence-electron chi connectivity index (χ4n) is 0.0818. The molecule has 0 radical (unpaired) electrons. The van der Waals surface area contributed by atoms with Crippen LogP contribution in [0.4, 0.5) is 0 Å². The van der Waals surface area contributed by atoms with Crippen LogP contribution in [-0.4, -0.2) is 10.4 Å². The van der Waals surface area contributed by atoms with Crippen LogP contribution < -0.4 is 37.2 Å². The first-order valence-corrected chi connectivity index (χ1v) is 3.18. The van der Waals surface area contributed by atoms with Crippen molar-refractivity contribution in [1.29, 1.82) is 0 Å². The molecule has 0 aliphatic heterocycles. The molecule has 1 nitrogen and oxygen atoms in total. The van der Waals surface area contributed by atoms with Gasteiger partial charge in [0, 0.05) is 0 Å². The quantitative estimate of drug-likeness (QED) is 0.346. The summed E-state index contributed by atoms with van der Waals surface area (Å²) in [4.78, 5) is 0. The molecule has 0 bridgehead atoms. The van der Waals surface area contributed by atoms with E-state index in [4.69, 9.17) is 34.8 Å². The molecule has 0 aliphatic rings. The van der Waals surface area contributed by atoms with Gasteiger partial charge in [0.25, 0.3) is 0 Å². The number of rotatable bonds is 1. The summed E-state index contributed by atoms with van der Waals surface area (Å²) in [7, 11) is 0. The van der Waals surface area contributed by atoms with Gasteiger partial charge in [-0.15, -0.1) is 0 Å². The molecule has 0 heterocycles. The molecule has 0 atom stereocenters. The van der Waals surface area contributed by atoms with Gasteiger partial charge in [-0.05, 0) is 0 Å². The van der Waals surface area contributed by atoms with Crippen molar-refractivity contribution in [3.63, 3.8) is 0 Å². The fourth-order valence-corrected chi connectivity index (χ4v) is 1.01. The summed E-state index contributed by atoms with van der Waals surface area (Å²) in [5.41, 5.74) is 0. The van der Waals surface area contributed by atoms with Crippen molar-refractivity contribution in [2.75, 3.05) is 6.61 Å². The van der Waals surface area contributed by atoms with Gasteiger partial charge in [0.05, 0.1) is 0 Å². The molecule has 0 unspecified atom stereocenters. The molecule has 0 aromatic rings. The van der Waals surface area contributed by atoms with E-state index in [-0.39, 0.29) is 43.8 Å². The average molecular weight is 303 g/mol. The van der Waals surface area contributed by atoms with Crippen LogP contribution in [0.1, 0.15) is 0 Å². The van der Waals surface area contributed by atoms with Gasteiger partial charge in [0.2, 0.25) is 0 Å². The molecule has 0 rings (SSSR count). The van der Waals surface area contributed by atoms with E-state index < -0.39 is 3.79 Å². The van der Waals surface area contributed by atoms with Crippen molar-refractivity contribution < 1.29 is 61.4 Å². The average Bonchev–Trinajstić information content (AvgIpc) is 1.30. The molecule has 0 saturated carbocycles. The standard InChI is InChI=1S/C2H2Cl3O.3ClH.Ti/c3-2(4,5)1-6;;;;/h1H2;3*1H;/q-1;;;;+4/p-3. The van der Waals surface area contributed by atoms with E-state index in [1.807, 2.05) is 0 Å². The van der Waals surface area contributed by atoms with Gasteiger partial charge in [-0.25, -0.2) is 0 Å². The Kier molecular flexibility index (Phi) is 26.1. The minimum Gasteiger partial charge on any atom is -1.00 e. The van der Waals surface area contributed by atoms with Crippen molar-refractivity contribution in [2.45, 2.75) is 3.79 Å². The maximum absolute atomic E-state index is 5.24. The molecule has 10 heavy (non-hydrogen) atoms. The van der Waals surface area contributed by atoms with Gasteiger partial charge < -0.3 is 37.2 Å². The summed E-state index contributed by atoms with van der Waals surface area (Å²) in [6.45, 7) is 0.137. The number of alkyl halides is 3. The Morgan fingerprint density at radius 3 is 1.40 bits per heavy atom. The van der Waals surface area contributed by atoms with Crippen molar-refractivity contribution in [3.05, 3.63) is 0 Å². The fraction of sp³-hybridized carbons (Fsp3) is 1.00. The normalized spacial score (nSPS) is 8.50. The predicted octanol–water partition coefficient (Wildman–Crippen LogP) is -7.15. The van der Waals surface area contributed by atoms with Crippen LogP contribution in [0.15, 0.2) is 0 Å². The molecule has 62 valence electrons. The molecule has 0 aromatic heterocycles. The monoisotopic (exact) mass is 300 g/mol. The van der Waals surface area contributed by atoms with Crippen molar-refractivity contribution in [3.8, 4) is 0 Å². The van der Waals surface area contributed by atoms with Crippen LogP contribution in [0.5, 0.6) is 0 Å². The third kappa shape index (κ3) is 22.4. The SMILES string of the molecule is ClC(Cl)(Cl)C[O][Ti+3].[Cl-].[Cl-].[Cl-]. The number of halogens is 6. The largest absolute Gasteiger partial charge is 1.00 e. The first kappa shape index (κ1) is 22.8. The topological polar surface area (TPSA) is 9.23 Å². The Morgan fingerprint density at radius 2 is 1.40 bits per heavy atom. The summed E-state index contributed by atoms with van der Waals surface area (Å²) in [6.07, 6.45) is 0. The summed E-state index contributed by atoms with van der Waals surface area (Å²) >= 11 is 17.2. The summed E-state index contributed by atoms with van der Waals surface area (Å²) in [6, 6.07) is 0. The summed E-state index contributed by atoms with van der Waals surface area (Å²) in [5, 5.41) is 0. The Balaban J connectivity index is -0.0000000600. The zero-order chi connectivity index (χ0) is 5.91. The Bertz CT molecular complexity index is 54.2. The van der Waals surface area contributed by atoms with E-state index >= 15 is 0 Å². The molecule has 8 heteroatoms. The van der Waals surface area contributed by atoms with E-state index in [1.54, 1.807) is 0 Å². The Morgan fingerprint density at radius 1 is 1.10 bits per heavy atom. The van der Waals surface area contributed by atoms with E-state index in [1.165, 1.54) is 20.8 Å². The van der Waals surface area contributed by atoms with Crippen LogP contribution in [0, 0.1) is 0 Å². The molecule has 0 N–H and O–H groups in total. The van der Waals surface area contributed by atoms with Gasteiger partial charge >= 0.3 is 69.3 Å².